The summed E-state index contributed by atoms with van der Waals surface area (Å²) in [6, 6.07) is 10.8. The minimum Gasteiger partial charge on any atom is -0.350 e. The predicted octanol–water partition coefficient (Wildman–Crippen LogP) is 5.21. The van der Waals surface area contributed by atoms with Crippen LogP contribution in [-0.4, -0.2) is 23.3 Å². The number of anilines is 1. The fraction of sp³-hybridized carbons (Fsp3) is 0.238. The van der Waals surface area contributed by atoms with Crippen LogP contribution in [0.1, 0.15) is 30.0 Å². The summed E-state index contributed by atoms with van der Waals surface area (Å²) in [6.07, 6.45) is 0.677. The molecule has 27 heavy (non-hydrogen) atoms. The summed E-state index contributed by atoms with van der Waals surface area (Å²) in [4.78, 5) is 27.2. The summed E-state index contributed by atoms with van der Waals surface area (Å²) in [7, 11) is 0. The Morgan fingerprint density at radius 2 is 1.63 bits per heavy atom. The predicted molar refractivity (Wildman–Crippen MR) is 110 cm³/mol. The van der Waals surface area contributed by atoms with Crippen LogP contribution in [0.4, 0.5) is 5.69 Å². The van der Waals surface area contributed by atoms with Crippen LogP contribution in [0.5, 0.6) is 0 Å². The second-order valence-electron chi connectivity index (χ2n) is 6.64. The Balaban J connectivity index is 2.14. The third-order valence-corrected chi connectivity index (χ3v) is 4.85. The van der Waals surface area contributed by atoms with Crippen LogP contribution < -0.4 is 5.32 Å². The quantitative estimate of drug-likeness (QED) is 0.697. The Hall–Kier alpha value is -2.30. The molecule has 1 heterocycles. The highest BCUT2D eigenvalue weighted by Crippen LogP contribution is 2.35. The second-order valence-corrected chi connectivity index (χ2v) is 7.48. The lowest BCUT2D eigenvalue weighted by molar-refractivity contribution is -0.136. The summed E-state index contributed by atoms with van der Waals surface area (Å²) >= 11 is 12.3. The van der Waals surface area contributed by atoms with Gasteiger partial charge in [0.2, 0.25) is 0 Å². The lowest BCUT2D eigenvalue weighted by Gasteiger charge is -2.14. The number of benzene rings is 2. The van der Waals surface area contributed by atoms with Gasteiger partial charge in [-0.1, -0.05) is 42.3 Å². The van der Waals surface area contributed by atoms with Crippen molar-refractivity contribution in [2.24, 2.45) is 0 Å². The number of carbonyl (C=O) groups excluding carboxylic acids is 2. The smallest absolute Gasteiger partial charge is 0.278 e. The number of amides is 2. The molecule has 0 aromatic heterocycles. The van der Waals surface area contributed by atoms with Gasteiger partial charge in [-0.15, -0.1) is 0 Å². The van der Waals surface area contributed by atoms with Crippen molar-refractivity contribution in [3.05, 3.63) is 68.8 Å². The van der Waals surface area contributed by atoms with Crippen molar-refractivity contribution < 1.29 is 9.59 Å². The van der Waals surface area contributed by atoms with Gasteiger partial charge in [-0.3, -0.25) is 14.5 Å². The van der Waals surface area contributed by atoms with E-state index in [1.54, 1.807) is 18.2 Å². The molecule has 6 heteroatoms. The molecule has 2 aromatic carbocycles. The first-order valence-electron chi connectivity index (χ1n) is 8.73. The standard InChI is InChI=1S/C21H20Cl2N2O2/c1-4-7-25-20(26)18(16-6-5-14(22)11-17(16)23)19(21(25)27)24-15-9-12(2)8-13(3)10-15/h5-6,8-11,24H,4,7H2,1-3H3. The van der Waals surface area contributed by atoms with Gasteiger partial charge in [-0.2, -0.15) is 0 Å². The first kappa shape index (κ1) is 19.5. The van der Waals surface area contributed by atoms with E-state index >= 15 is 0 Å². The minimum atomic E-state index is -0.349. The van der Waals surface area contributed by atoms with Crippen molar-refractivity contribution in [1.82, 2.24) is 4.90 Å². The summed E-state index contributed by atoms with van der Waals surface area (Å²) in [5, 5.41) is 3.96. The van der Waals surface area contributed by atoms with Crippen molar-refractivity contribution in [3.8, 4) is 0 Å². The van der Waals surface area contributed by atoms with Gasteiger partial charge in [-0.05, 0) is 55.7 Å². The van der Waals surface area contributed by atoms with Gasteiger partial charge < -0.3 is 5.32 Å². The van der Waals surface area contributed by atoms with Gasteiger partial charge in [0.25, 0.3) is 11.8 Å². The van der Waals surface area contributed by atoms with Gasteiger partial charge in [0, 0.05) is 22.8 Å². The Bertz CT molecular complexity index is 946. The van der Waals surface area contributed by atoms with Crippen molar-refractivity contribution >= 4 is 46.3 Å². The van der Waals surface area contributed by atoms with E-state index in [1.165, 1.54) is 4.90 Å². The number of carbonyl (C=O) groups is 2. The van der Waals surface area contributed by atoms with E-state index in [-0.39, 0.29) is 23.1 Å². The van der Waals surface area contributed by atoms with Crippen LogP contribution in [0.3, 0.4) is 0 Å². The molecule has 1 N–H and O–H groups in total. The number of nitrogens with zero attached hydrogens (tertiary/aromatic N) is 1. The van der Waals surface area contributed by atoms with Crippen LogP contribution >= 0.6 is 23.2 Å². The maximum Gasteiger partial charge on any atom is 0.278 e. The van der Waals surface area contributed by atoms with Crippen LogP contribution in [0.25, 0.3) is 5.57 Å². The van der Waals surface area contributed by atoms with E-state index in [0.717, 1.165) is 16.8 Å². The topological polar surface area (TPSA) is 49.4 Å². The second kappa shape index (κ2) is 7.75. The molecule has 0 fully saturated rings. The van der Waals surface area contributed by atoms with Crippen LogP contribution in [-0.2, 0) is 9.59 Å². The molecule has 3 rings (SSSR count). The first-order valence-corrected chi connectivity index (χ1v) is 9.48. The van der Waals surface area contributed by atoms with Crippen LogP contribution in [0, 0.1) is 13.8 Å². The average Bonchev–Trinajstić information content (AvgIpc) is 2.79. The highest BCUT2D eigenvalue weighted by Gasteiger charge is 2.39. The van der Waals surface area contributed by atoms with E-state index in [4.69, 9.17) is 23.2 Å². The van der Waals surface area contributed by atoms with E-state index in [0.29, 0.717) is 28.6 Å². The SMILES string of the molecule is CCCN1C(=O)C(Nc2cc(C)cc(C)c2)=C(c2ccc(Cl)cc2Cl)C1=O. The zero-order valence-electron chi connectivity index (χ0n) is 15.4. The highest BCUT2D eigenvalue weighted by atomic mass is 35.5. The molecule has 4 nitrogen and oxygen atoms in total. The van der Waals surface area contributed by atoms with Crippen LogP contribution in [0.15, 0.2) is 42.1 Å². The lowest BCUT2D eigenvalue weighted by Crippen LogP contribution is -2.33. The minimum absolute atomic E-state index is 0.239. The number of halogens is 2. The third-order valence-electron chi connectivity index (χ3n) is 4.31. The molecule has 0 radical (unpaired) electrons. The largest absolute Gasteiger partial charge is 0.350 e. The average molecular weight is 403 g/mol. The molecule has 0 bridgehead atoms. The summed E-state index contributed by atoms with van der Waals surface area (Å²) in [6.45, 7) is 6.23. The van der Waals surface area contributed by atoms with E-state index in [1.807, 2.05) is 39.0 Å². The van der Waals surface area contributed by atoms with Crippen LogP contribution in [0.2, 0.25) is 10.0 Å². The molecular weight excluding hydrogens is 383 g/mol. The summed E-state index contributed by atoms with van der Waals surface area (Å²) < 4.78 is 0. The van der Waals surface area contributed by atoms with E-state index in [2.05, 4.69) is 5.32 Å². The van der Waals surface area contributed by atoms with Gasteiger partial charge in [0.15, 0.2) is 0 Å². The normalized spacial score (nSPS) is 14.3. The maximum atomic E-state index is 13.0. The molecular formula is C21H20Cl2N2O2. The Morgan fingerprint density at radius 3 is 2.22 bits per heavy atom. The molecule has 0 atom stereocenters. The summed E-state index contributed by atoms with van der Waals surface area (Å²) in [5.41, 5.74) is 3.88. The van der Waals surface area contributed by atoms with Gasteiger partial charge in [0.1, 0.15) is 5.70 Å². The molecule has 0 spiro atoms. The molecule has 0 unspecified atom stereocenters. The van der Waals surface area contributed by atoms with Gasteiger partial charge >= 0.3 is 0 Å². The van der Waals surface area contributed by atoms with Crippen molar-refractivity contribution in [2.75, 3.05) is 11.9 Å². The number of hydrogen-bond acceptors (Lipinski definition) is 3. The zero-order chi connectivity index (χ0) is 19.7. The monoisotopic (exact) mass is 402 g/mol. The molecule has 1 aliphatic rings. The fourth-order valence-corrected chi connectivity index (χ4v) is 3.75. The molecule has 2 aromatic rings. The van der Waals surface area contributed by atoms with E-state index in [9.17, 15) is 9.59 Å². The molecule has 140 valence electrons. The number of nitrogens with one attached hydrogen (secondary N) is 1. The summed E-state index contributed by atoms with van der Waals surface area (Å²) in [5.74, 6) is -0.694. The number of rotatable bonds is 5. The Kier molecular flexibility index (Phi) is 5.59. The molecule has 1 aliphatic heterocycles. The van der Waals surface area contributed by atoms with E-state index < -0.39 is 0 Å². The molecule has 0 saturated carbocycles. The Morgan fingerprint density at radius 1 is 0.963 bits per heavy atom. The zero-order valence-corrected chi connectivity index (χ0v) is 16.9. The first-order chi connectivity index (χ1) is 12.8. The fourth-order valence-electron chi connectivity index (χ4n) is 3.25. The number of hydrogen-bond donors (Lipinski definition) is 1. The van der Waals surface area contributed by atoms with Crippen molar-refractivity contribution in [3.63, 3.8) is 0 Å². The molecule has 0 saturated heterocycles. The van der Waals surface area contributed by atoms with Crippen molar-refractivity contribution in [1.29, 1.82) is 0 Å². The maximum absolute atomic E-state index is 13.0. The lowest BCUT2D eigenvalue weighted by atomic mass is 10.0. The van der Waals surface area contributed by atoms with Gasteiger partial charge in [-0.25, -0.2) is 0 Å². The Labute approximate surface area is 168 Å². The van der Waals surface area contributed by atoms with Crippen molar-refractivity contribution in [2.45, 2.75) is 27.2 Å². The third kappa shape index (κ3) is 3.87. The highest BCUT2D eigenvalue weighted by molar-refractivity contribution is 6.41. The number of aryl methyl sites for hydroxylation is 2. The van der Waals surface area contributed by atoms with Gasteiger partial charge in [0.05, 0.1) is 10.6 Å². The molecule has 2 amide bonds. The number of imide groups is 1. The molecule has 0 aliphatic carbocycles.